The molecular weight excluding hydrogens is 388 g/mol. The molecule has 0 radical (unpaired) electrons. The van der Waals surface area contributed by atoms with Gasteiger partial charge in [-0.05, 0) is 38.3 Å². The number of hydrogen-bond donors (Lipinski definition) is 2. The van der Waals surface area contributed by atoms with Crippen LogP contribution in [0.1, 0.15) is 54.0 Å². The summed E-state index contributed by atoms with van der Waals surface area (Å²) in [6.45, 7) is 4.55. The summed E-state index contributed by atoms with van der Waals surface area (Å²) in [6, 6.07) is 2.78. The number of anilines is 1. The molecule has 3 rings (SSSR count). The first-order valence-electron chi connectivity index (χ1n) is 9.06. The lowest BCUT2D eigenvalue weighted by Crippen LogP contribution is -2.43. The maximum absolute atomic E-state index is 13.3. The van der Waals surface area contributed by atoms with Gasteiger partial charge in [0.1, 0.15) is 5.01 Å². The van der Waals surface area contributed by atoms with Crippen LogP contribution in [0.25, 0.3) is 0 Å². The molecular formula is C18H21F2N5O2S. The zero-order valence-corrected chi connectivity index (χ0v) is 16.4. The standard InChI is InChI=1S/C18H21F2N5O2S/c1-3-10(2)21-18(27)25-8-4-5-14(25)16-23-24-17(28-16)15(26)22-11-6-7-12(19)13(20)9-11/h6-7,9-10,14H,3-5,8H2,1-2H3,(H,21,27)(H,22,26). The number of nitrogens with zero attached hydrogens (tertiary/aromatic N) is 3. The van der Waals surface area contributed by atoms with Gasteiger partial charge in [-0.25, -0.2) is 13.6 Å². The first-order chi connectivity index (χ1) is 13.4. The molecule has 0 saturated carbocycles. The van der Waals surface area contributed by atoms with Crippen molar-refractivity contribution in [2.24, 2.45) is 0 Å². The normalized spacial score (nSPS) is 17.4. The Hall–Kier alpha value is -2.62. The van der Waals surface area contributed by atoms with Crippen molar-refractivity contribution >= 4 is 29.0 Å². The molecule has 1 saturated heterocycles. The highest BCUT2D eigenvalue weighted by Crippen LogP contribution is 2.33. The van der Waals surface area contributed by atoms with Gasteiger partial charge in [0.2, 0.25) is 5.01 Å². The molecule has 2 N–H and O–H groups in total. The molecule has 3 amide bonds. The van der Waals surface area contributed by atoms with Gasteiger partial charge in [-0.2, -0.15) is 0 Å². The molecule has 0 spiro atoms. The minimum atomic E-state index is -1.05. The maximum atomic E-state index is 13.3. The van der Waals surface area contributed by atoms with E-state index < -0.39 is 17.5 Å². The van der Waals surface area contributed by atoms with Crippen LogP contribution < -0.4 is 10.6 Å². The van der Waals surface area contributed by atoms with Gasteiger partial charge in [0.15, 0.2) is 11.6 Å². The number of likely N-dealkylation sites (tertiary alicyclic amines) is 1. The molecule has 2 unspecified atom stereocenters. The van der Waals surface area contributed by atoms with Gasteiger partial charge in [-0.3, -0.25) is 4.79 Å². The fourth-order valence-corrected chi connectivity index (χ4v) is 3.77. The maximum Gasteiger partial charge on any atom is 0.318 e. The van der Waals surface area contributed by atoms with Crippen LogP contribution in [0.5, 0.6) is 0 Å². The highest BCUT2D eigenvalue weighted by atomic mass is 32.1. The molecule has 1 fully saturated rings. The van der Waals surface area contributed by atoms with Crippen molar-refractivity contribution in [2.45, 2.75) is 45.2 Å². The van der Waals surface area contributed by atoms with Crippen LogP contribution in [0.4, 0.5) is 19.3 Å². The Bertz CT molecular complexity index is 875. The zero-order chi connectivity index (χ0) is 20.3. The summed E-state index contributed by atoms with van der Waals surface area (Å²) in [5.74, 6) is -2.61. The van der Waals surface area contributed by atoms with Crippen LogP contribution in [0.15, 0.2) is 18.2 Å². The number of rotatable bonds is 5. The van der Waals surface area contributed by atoms with Gasteiger partial charge in [0, 0.05) is 24.3 Å². The lowest BCUT2D eigenvalue weighted by molar-refractivity contribution is 0.102. The van der Waals surface area contributed by atoms with E-state index in [1.165, 1.54) is 6.07 Å². The van der Waals surface area contributed by atoms with Crippen molar-refractivity contribution in [1.29, 1.82) is 0 Å². The van der Waals surface area contributed by atoms with Crippen molar-refractivity contribution in [2.75, 3.05) is 11.9 Å². The molecule has 150 valence electrons. The van der Waals surface area contributed by atoms with Gasteiger partial charge >= 0.3 is 6.03 Å². The summed E-state index contributed by atoms with van der Waals surface area (Å²) in [4.78, 5) is 26.5. The second-order valence-corrected chi connectivity index (χ2v) is 7.65. The van der Waals surface area contributed by atoms with Crippen LogP contribution in [0, 0.1) is 11.6 Å². The molecule has 2 aromatic rings. The summed E-state index contributed by atoms with van der Waals surface area (Å²) in [5.41, 5.74) is 0.121. The molecule has 1 aromatic heterocycles. The Labute approximate surface area is 165 Å². The molecule has 10 heteroatoms. The van der Waals surface area contributed by atoms with Crippen molar-refractivity contribution in [3.05, 3.63) is 39.8 Å². The minimum absolute atomic E-state index is 0.0700. The van der Waals surface area contributed by atoms with Crippen molar-refractivity contribution in [1.82, 2.24) is 20.4 Å². The molecule has 2 atom stereocenters. The molecule has 1 aliphatic rings. The topological polar surface area (TPSA) is 87.2 Å². The summed E-state index contributed by atoms with van der Waals surface area (Å²) >= 11 is 1.09. The summed E-state index contributed by atoms with van der Waals surface area (Å²) < 4.78 is 26.3. The van der Waals surface area contributed by atoms with Crippen molar-refractivity contribution < 1.29 is 18.4 Å². The second kappa shape index (κ2) is 8.59. The number of carbonyl (C=O) groups excluding carboxylic acids is 2. The molecule has 1 aliphatic heterocycles. The first kappa shape index (κ1) is 20.1. The smallest absolute Gasteiger partial charge is 0.318 e. The van der Waals surface area contributed by atoms with Crippen LogP contribution in [0.3, 0.4) is 0 Å². The fraction of sp³-hybridized carbons (Fsp3) is 0.444. The largest absolute Gasteiger partial charge is 0.336 e. The Morgan fingerprint density at radius 1 is 1.32 bits per heavy atom. The molecule has 2 heterocycles. The Kier molecular flexibility index (Phi) is 6.18. The number of hydrogen-bond acceptors (Lipinski definition) is 5. The average molecular weight is 409 g/mol. The number of urea groups is 1. The summed E-state index contributed by atoms with van der Waals surface area (Å²) in [7, 11) is 0. The van der Waals surface area contributed by atoms with Crippen molar-refractivity contribution in [3.8, 4) is 0 Å². The summed E-state index contributed by atoms with van der Waals surface area (Å²) in [5, 5.41) is 14.1. The van der Waals surface area contributed by atoms with Gasteiger partial charge in [0.05, 0.1) is 6.04 Å². The van der Waals surface area contributed by atoms with E-state index in [2.05, 4.69) is 20.8 Å². The van der Waals surface area contributed by atoms with Gasteiger partial charge in [0.25, 0.3) is 5.91 Å². The third kappa shape index (κ3) is 4.44. The molecule has 1 aromatic carbocycles. The fourth-order valence-electron chi connectivity index (χ4n) is 2.88. The van der Waals surface area contributed by atoms with Crippen LogP contribution in [-0.2, 0) is 0 Å². The molecule has 28 heavy (non-hydrogen) atoms. The summed E-state index contributed by atoms with van der Waals surface area (Å²) in [6.07, 6.45) is 2.42. The van der Waals surface area contributed by atoms with E-state index in [1.807, 2.05) is 13.8 Å². The van der Waals surface area contributed by atoms with E-state index in [0.29, 0.717) is 11.6 Å². The number of nitrogens with one attached hydrogen (secondary N) is 2. The van der Waals surface area contributed by atoms with E-state index in [1.54, 1.807) is 4.90 Å². The lowest BCUT2D eigenvalue weighted by atomic mass is 10.2. The van der Waals surface area contributed by atoms with E-state index in [9.17, 15) is 18.4 Å². The van der Waals surface area contributed by atoms with Crippen molar-refractivity contribution in [3.63, 3.8) is 0 Å². The molecule has 0 bridgehead atoms. The van der Waals surface area contributed by atoms with E-state index in [-0.39, 0.29) is 28.8 Å². The van der Waals surface area contributed by atoms with E-state index in [0.717, 1.165) is 42.7 Å². The van der Waals surface area contributed by atoms with Crippen LogP contribution >= 0.6 is 11.3 Å². The number of amides is 3. The number of benzene rings is 1. The highest BCUT2D eigenvalue weighted by Gasteiger charge is 2.33. The lowest BCUT2D eigenvalue weighted by Gasteiger charge is -2.25. The number of aromatic nitrogens is 2. The predicted molar refractivity (Wildman–Crippen MR) is 101 cm³/mol. The quantitative estimate of drug-likeness (QED) is 0.788. The van der Waals surface area contributed by atoms with E-state index >= 15 is 0 Å². The SMILES string of the molecule is CCC(C)NC(=O)N1CCCC1c1nnc(C(=O)Nc2ccc(F)c(F)c2)s1. The predicted octanol–water partition coefficient (Wildman–Crippen LogP) is 3.71. The monoisotopic (exact) mass is 409 g/mol. The third-order valence-electron chi connectivity index (χ3n) is 4.59. The third-order valence-corrected chi connectivity index (χ3v) is 5.62. The average Bonchev–Trinajstić information content (AvgIpc) is 3.33. The first-order valence-corrected chi connectivity index (χ1v) is 9.87. The molecule has 7 nitrogen and oxygen atoms in total. The Morgan fingerprint density at radius 2 is 2.11 bits per heavy atom. The Morgan fingerprint density at radius 3 is 2.82 bits per heavy atom. The zero-order valence-electron chi connectivity index (χ0n) is 15.5. The second-order valence-electron chi connectivity index (χ2n) is 6.64. The number of carbonyl (C=O) groups is 2. The van der Waals surface area contributed by atoms with E-state index in [4.69, 9.17) is 0 Å². The van der Waals surface area contributed by atoms with Crippen LogP contribution in [-0.4, -0.2) is 39.6 Å². The molecule has 0 aliphatic carbocycles. The minimum Gasteiger partial charge on any atom is -0.336 e. The Balaban J connectivity index is 1.69. The van der Waals surface area contributed by atoms with Gasteiger partial charge in [-0.1, -0.05) is 18.3 Å². The number of halogens is 2. The highest BCUT2D eigenvalue weighted by molar-refractivity contribution is 7.13. The van der Waals surface area contributed by atoms with Gasteiger partial charge < -0.3 is 15.5 Å². The van der Waals surface area contributed by atoms with Gasteiger partial charge in [-0.15, -0.1) is 10.2 Å². The van der Waals surface area contributed by atoms with Crippen LogP contribution in [0.2, 0.25) is 0 Å².